The summed E-state index contributed by atoms with van der Waals surface area (Å²) in [6.07, 6.45) is 0.950. The van der Waals surface area contributed by atoms with Gasteiger partial charge in [-0.3, -0.25) is 10.1 Å². The molecule has 1 aliphatic rings. The summed E-state index contributed by atoms with van der Waals surface area (Å²) in [6.45, 7) is 2.72. The molecule has 0 saturated heterocycles. The minimum Gasteiger partial charge on any atom is -0.489 e. The zero-order chi connectivity index (χ0) is 19.5. The van der Waals surface area contributed by atoms with E-state index in [4.69, 9.17) is 9.47 Å². The molecule has 2 amide bonds. The molecule has 0 atom stereocenters. The molecule has 0 unspecified atom stereocenters. The van der Waals surface area contributed by atoms with Crippen LogP contribution in [0, 0.1) is 6.92 Å². The molecule has 4 rings (SSSR count). The minimum atomic E-state index is -0.640. The van der Waals surface area contributed by atoms with Gasteiger partial charge in [0.15, 0.2) is 5.13 Å². The van der Waals surface area contributed by atoms with Gasteiger partial charge in [-0.1, -0.05) is 18.2 Å². The normalized spacial score (nSPS) is 12.7. The Morgan fingerprint density at radius 1 is 1.25 bits per heavy atom. The van der Waals surface area contributed by atoms with E-state index in [9.17, 15) is 9.59 Å². The molecule has 1 aromatic heterocycles. The van der Waals surface area contributed by atoms with Crippen LogP contribution in [-0.4, -0.2) is 30.1 Å². The summed E-state index contributed by atoms with van der Waals surface area (Å²) in [5, 5.41) is 4.75. The number of anilines is 2. The number of carbonyl (C=O) groups excluding carboxylic acids is 2. The molecule has 0 fully saturated rings. The van der Waals surface area contributed by atoms with Gasteiger partial charge in [0.2, 0.25) is 0 Å². The van der Waals surface area contributed by atoms with Crippen LogP contribution >= 0.6 is 11.3 Å². The fraction of sp³-hybridized carbons (Fsp3) is 0.150. The quantitative estimate of drug-likeness (QED) is 0.722. The van der Waals surface area contributed by atoms with Crippen LogP contribution in [0.15, 0.2) is 54.0 Å². The number of aromatic nitrogens is 1. The first-order valence-corrected chi connectivity index (χ1v) is 9.52. The Kier molecular flexibility index (Phi) is 4.94. The molecule has 8 heteroatoms. The van der Waals surface area contributed by atoms with Crippen LogP contribution in [0.5, 0.6) is 11.5 Å². The van der Waals surface area contributed by atoms with E-state index < -0.39 is 6.09 Å². The van der Waals surface area contributed by atoms with Crippen molar-refractivity contribution in [1.29, 1.82) is 0 Å². The van der Waals surface area contributed by atoms with E-state index in [-0.39, 0.29) is 5.91 Å². The van der Waals surface area contributed by atoms with Crippen molar-refractivity contribution in [2.45, 2.75) is 6.92 Å². The van der Waals surface area contributed by atoms with Gasteiger partial charge in [-0.2, -0.15) is 0 Å². The molecule has 28 heavy (non-hydrogen) atoms. The Balaban J connectivity index is 1.53. The maximum absolute atomic E-state index is 13.0. The fourth-order valence-electron chi connectivity index (χ4n) is 2.94. The zero-order valence-corrected chi connectivity index (χ0v) is 15.9. The van der Waals surface area contributed by atoms with Crippen LogP contribution in [0.1, 0.15) is 15.9 Å². The van der Waals surface area contributed by atoms with Crippen molar-refractivity contribution in [2.24, 2.45) is 0 Å². The molecule has 0 saturated carbocycles. The highest BCUT2D eigenvalue weighted by Crippen LogP contribution is 2.36. The molecule has 0 aliphatic carbocycles. The first kappa shape index (κ1) is 18.0. The number of fused-ring (bicyclic) bond motifs is 1. The molecular formula is C20H17N3O4S. The molecule has 0 radical (unpaired) electrons. The van der Waals surface area contributed by atoms with Gasteiger partial charge in [-0.05, 0) is 30.7 Å². The van der Waals surface area contributed by atoms with Crippen molar-refractivity contribution in [1.82, 2.24) is 4.98 Å². The van der Waals surface area contributed by atoms with Gasteiger partial charge < -0.3 is 14.4 Å². The lowest BCUT2D eigenvalue weighted by Gasteiger charge is -2.30. The number of benzene rings is 2. The van der Waals surface area contributed by atoms with Crippen LogP contribution in [0.4, 0.5) is 15.6 Å². The van der Waals surface area contributed by atoms with Crippen molar-refractivity contribution >= 4 is 34.2 Å². The first-order valence-electron chi connectivity index (χ1n) is 8.64. The maximum atomic E-state index is 13.0. The predicted molar refractivity (Wildman–Crippen MR) is 107 cm³/mol. The molecule has 0 spiro atoms. The maximum Gasteiger partial charge on any atom is 0.418 e. The Bertz CT molecular complexity index is 1020. The Labute approximate surface area is 165 Å². The number of ether oxygens (including phenoxy) is 2. The van der Waals surface area contributed by atoms with Gasteiger partial charge in [-0.25, -0.2) is 9.78 Å². The van der Waals surface area contributed by atoms with E-state index in [1.54, 1.807) is 34.7 Å². The number of aryl methyl sites for hydroxylation is 1. The number of hydrogen-bond donors (Lipinski definition) is 1. The third-order valence-electron chi connectivity index (χ3n) is 4.27. The van der Waals surface area contributed by atoms with Crippen LogP contribution in [0.3, 0.4) is 0 Å². The Hall–Kier alpha value is -3.39. The fourth-order valence-corrected chi connectivity index (χ4v) is 3.45. The van der Waals surface area contributed by atoms with Gasteiger partial charge in [0.1, 0.15) is 18.1 Å². The van der Waals surface area contributed by atoms with Crippen molar-refractivity contribution in [3.63, 3.8) is 0 Å². The Morgan fingerprint density at radius 2 is 2.11 bits per heavy atom. The van der Waals surface area contributed by atoms with E-state index in [1.807, 2.05) is 31.2 Å². The number of carbonyl (C=O) groups is 2. The number of amides is 2. The number of thiazole rings is 1. The summed E-state index contributed by atoms with van der Waals surface area (Å²) >= 11 is 1.30. The summed E-state index contributed by atoms with van der Waals surface area (Å²) < 4.78 is 11.0. The third kappa shape index (κ3) is 3.67. The van der Waals surface area contributed by atoms with Crippen molar-refractivity contribution in [3.8, 4) is 11.5 Å². The molecule has 1 N–H and O–H groups in total. The number of rotatable bonds is 3. The number of hydrogen-bond acceptors (Lipinski definition) is 6. The second-order valence-corrected chi connectivity index (χ2v) is 7.00. The van der Waals surface area contributed by atoms with Crippen LogP contribution in [0.25, 0.3) is 0 Å². The molecule has 3 aromatic rings. The van der Waals surface area contributed by atoms with Gasteiger partial charge in [-0.15, -0.1) is 11.3 Å². The topological polar surface area (TPSA) is 80.8 Å². The predicted octanol–water partition coefficient (Wildman–Crippen LogP) is 4.10. The van der Waals surface area contributed by atoms with E-state index in [1.165, 1.54) is 11.3 Å². The molecule has 142 valence electrons. The second-order valence-electron chi connectivity index (χ2n) is 6.10. The average molecular weight is 395 g/mol. The zero-order valence-electron chi connectivity index (χ0n) is 15.0. The lowest BCUT2D eigenvalue weighted by Crippen LogP contribution is -2.38. The first-order chi connectivity index (χ1) is 13.6. The standard InChI is InChI=1S/C20H17N3O4S/c1-13-4-2-3-5-15(13)18(24)23-9-10-26-17-12-14(6-7-16(17)23)27-20(25)22-19-21-8-11-28-19/h2-8,11-12H,9-10H2,1H3,(H,21,22,25). The summed E-state index contributed by atoms with van der Waals surface area (Å²) in [7, 11) is 0. The third-order valence-corrected chi connectivity index (χ3v) is 4.96. The molecule has 7 nitrogen and oxygen atoms in total. The van der Waals surface area contributed by atoms with Gasteiger partial charge in [0.25, 0.3) is 5.91 Å². The van der Waals surface area contributed by atoms with E-state index in [0.717, 1.165) is 5.56 Å². The summed E-state index contributed by atoms with van der Waals surface area (Å²) in [5.74, 6) is 0.726. The van der Waals surface area contributed by atoms with Crippen LogP contribution in [0.2, 0.25) is 0 Å². The Morgan fingerprint density at radius 3 is 2.89 bits per heavy atom. The molecule has 2 heterocycles. The number of nitrogens with zero attached hydrogens (tertiary/aromatic N) is 2. The SMILES string of the molecule is Cc1ccccc1C(=O)N1CCOc2cc(OC(=O)Nc3nccs3)ccc21. The van der Waals surface area contributed by atoms with Crippen LogP contribution < -0.4 is 19.7 Å². The molecule has 0 bridgehead atoms. The monoisotopic (exact) mass is 395 g/mol. The molecular weight excluding hydrogens is 378 g/mol. The highest BCUT2D eigenvalue weighted by Gasteiger charge is 2.26. The highest BCUT2D eigenvalue weighted by molar-refractivity contribution is 7.13. The largest absolute Gasteiger partial charge is 0.489 e. The highest BCUT2D eigenvalue weighted by atomic mass is 32.1. The molecule has 2 aromatic carbocycles. The van der Waals surface area contributed by atoms with E-state index >= 15 is 0 Å². The molecule has 1 aliphatic heterocycles. The van der Waals surface area contributed by atoms with E-state index in [2.05, 4.69) is 10.3 Å². The van der Waals surface area contributed by atoms with Gasteiger partial charge in [0, 0.05) is 23.2 Å². The summed E-state index contributed by atoms with van der Waals surface area (Å²) in [4.78, 5) is 30.6. The smallest absolute Gasteiger partial charge is 0.418 e. The van der Waals surface area contributed by atoms with Crippen molar-refractivity contribution in [2.75, 3.05) is 23.4 Å². The van der Waals surface area contributed by atoms with Crippen LogP contribution in [-0.2, 0) is 0 Å². The average Bonchev–Trinajstić information content (AvgIpc) is 3.20. The summed E-state index contributed by atoms with van der Waals surface area (Å²) in [5.41, 5.74) is 2.21. The van der Waals surface area contributed by atoms with Gasteiger partial charge in [0.05, 0.1) is 12.2 Å². The summed E-state index contributed by atoms with van der Waals surface area (Å²) in [6, 6.07) is 12.4. The lowest BCUT2D eigenvalue weighted by atomic mass is 10.1. The second kappa shape index (κ2) is 7.69. The van der Waals surface area contributed by atoms with E-state index in [0.29, 0.717) is 41.0 Å². The number of nitrogens with one attached hydrogen (secondary N) is 1. The minimum absolute atomic E-state index is 0.0853. The van der Waals surface area contributed by atoms with Gasteiger partial charge >= 0.3 is 6.09 Å². The van der Waals surface area contributed by atoms with Crippen molar-refractivity contribution in [3.05, 3.63) is 65.2 Å². The lowest BCUT2D eigenvalue weighted by molar-refractivity contribution is 0.0975. The van der Waals surface area contributed by atoms with Crippen molar-refractivity contribution < 1.29 is 19.1 Å².